The second-order valence-corrected chi connectivity index (χ2v) is 2.10. The molecular weight excluding hydrogens is 120 g/mol. The monoisotopic (exact) mass is 132 g/mol. The van der Waals surface area contributed by atoms with Crippen LogP contribution in [-0.4, -0.2) is 24.3 Å². The maximum absolute atomic E-state index is 9.25. The van der Waals surface area contributed by atoms with Gasteiger partial charge in [0, 0.05) is 13.0 Å². The molecular formula is C6H12O3. The fourth-order valence-corrected chi connectivity index (χ4v) is 0.939. The molecule has 0 spiro atoms. The lowest BCUT2D eigenvalue weighted by atomic mass is 10.3. The highest BCUT2D eigenvalue weighted by molar-refractivity contribution is 4.61. The van der Waals surface area contributed by atoms with Crippen LogP contribution in [0, 0.1) is 0 Å². The fourth-order valence-electron chi connectivity index (χ4n) is 0.939. The van der Waals surface area contributed by atoms with E-state index in [0.29, 0.717) is 19.6 Å². The van der Waals surface area contributed by atoms with Gasteiger partial charge in [-0.25, -0.2) is 0 Å². The summed E-state index contributed by atoms with van der Waals surface area (Å²) < 4.78 is 9.84. The zero-order chi connectivity index (χ0) is 6.74. The molecule has 1 fully saturated rings. The van der Waals surface area contributed by atoms with Crippen molar-refractivity contribution in [2.45, 2.75) is 25.7 Å². The first-order chi connectivity index (χ1) is 4.27. The second kappa shape index (κ2) is 2.64. The van der Waals surface area contributed by atoms with Crippen LogP contribution in [0.15, 0.2) is 0 Å². The Balaban J connectivity index is 2.32. The second-order valence-electron chi connectivity index (χ2n) is 2.10. The van der Waals surface area contributed by atoms with Crippen molar-refractivity contribution in [2.75, 3.05) is 13.2 Å². The molecule has 1 atom stereocenters. The Morgan fingerprint density at radius 2 is 2.56 bits per heavy atom. The summed E-state index contributed by atoms with van der Waals surface area (Å²) in [7, 11) is 0. The van der Waals surface area contributed by atoms with E-state index in [1.807, 2.05) is 6.92 Å². The molecule has 0 amide bonds. The third-order valence-corrected chi connectivity index (χ3v) is 1.33. The lowest BCUT2D eigenvalue weighted by molar-refractivity contribution is -0.336. The topological polar surface area (TPSA) is 38.7 Å². The molecule has 1 aliphatic rings. The van der Waals surface area contributed by atoms with Gasteiger partial charge in [0.05, 0.1) is 6.61 Å². The van der Waals surface area contributed by atoms with Gasteiger partial charge in [0.1, 0.15) is 0 Å². The summed E-state index contributed by atoms with van der Waals surface area (Å²) in [5.74, 6) is -1.26. The van der Waals surface area contributed by atoms with Gasteiger partial charge in [0.15, 0.2) is 0 Å². The molecule has 0 aromatic carbocycles. The van der Waals surface area contributed by atoms with Crippen LogP contribution in [0.2, 0.25) is 0 Å². The first-order valence-electron chi connectivity index (χ1n) is 3.27. The molecule has 3 heteroatoms. The van der Waals surface area contributed by atoms with E-state index in [-0.39, 0.29) is 0 Å². The summed E-state index contributed by atoms with van der Waals surface area (Å²) in [6.45, 7) is 2.94. The normalized spacial score (nSPS) is 35.3. The van der Waals surface area contributed by atoms with Gasteiger partial charge in [-0.3, -0.25) is 0 Å². The first kappa shape index (κ1) is 6.99. The maximum atomic E-state index is 9.25. The van der Waals surface area contributed by atoms with E-state index in [1.54, 1.807) is 0 Å². The minimum Gasteiger partial charge on any atom is -0.343 e. The lowest BCUT2D eigenvalue weighted by Gasteiger charge is -2.19. The molecule has 0 aromatic heterocycles. The Bertz CT molecular complexity index is 86.3. The van der Waals surface area contributed by atoms with Crippen LogP contribution in [0.25, 0.3) is 0 Å². The Kier molecular flexibility index (Phi) is 2.05. The van der Waals surface area contributed by atoms with Gasteiger partial charge in [-0.2, -0.15) is 0 Å². The number of ether oxygens (including phenoxy) is 2. The van der Waals surface area contributed by atoms with Crippen molar-refractivity contribution in [3.63, 3.8) is 0 Å². The minimum atomic E-state index is -1.26. The van der Waals surface area contributed by atoms with Crippen LogP contribution in [0.3, 0.4) is 0 Å². The summed E-state index contributed by atoms with van der Waals surface area (Å²) in [5.41, 5.74) is 0. The van der Waals surface area contributed by atoms with Crippen molar-refractivity contribution >= 4 is 0 Å². The third-order valence-electron chi connectivity index (χ3n) is 1.33. The fraction of sp³-hybridized carbons (Fsp3) is 1.00. The predicted molar refractivity (Wildman–Crippen MR) is 31.8 cm³/mol. The van der Waals surface area contributed by atoms with Gasteiger partial charge >= 0.3 is 0 Å². The highest BCUT2D eigenvalue weighted by Gasteiger charge is 2.32. The van der Waals surface area contributed by atoms with Crippen molar-refractivity contribution in [2.24, 2.45) is 0 Å². The molecule has 1 saturated heterocycles. The molecule has 1 rings (SSSR count). The summed E-state index contributed by atoms with van der Waals surface area (Å²) in [6, 6.07) is 0. The SMILES string of the molecule is CCOC1(O)CCCO1. The number of hydrogen-bond donors (Lipinski definition) is 1. The van der Waals surface area contributed by atoms with Crippen molar-refractivity contribution in [1.82, 2.24) is 0 Å². The zero-order valence-corrected chi connectivity index (χ0v) is 5.59. The molecule has 54 valence electrons. The van der Waals surface area contributed by atoms with E-state index in [0.717, 1.165) is 6.42 Å². The van der Waals surface area contributed by atoms with E-state index in [2.05, 4.69) is 0 Å². The van der Waals surface area contributed by atoms with Gasteiger partial charge in [0.2, 0.25) is 0 Å². The Morgan fingerprint density at radius 1 is 1.78 bits per heavy atom. The molecule has 0 aromatic rings. The average Bonchev–Trinajstić information content (AvgIpc) is 2.16. The molecule has 3 nitrogen and oxygen atoms in total. The molecule has 1 aliphatic heterocycles. The number of rotatable bonds is 2. The molecule has 0 bridgehead atoms. The Labute approximate surface area is 54.6 Å². The van der Waals surface area contributed by atoms with Gasteiger partial charge in [-0.15, -0.1) is 0 Å². The molecule has 1 N–H and O–H groups in total. The van der Waals surface area contributed by atoms with Crippen LogP contribution in [0.4, 0.5) is 0 Å². The van der Waals surface area contributed by atoms with Crippen LogP contribution in [0.5, 0.6) is 0 Å². The van der Waals surface area contributed by atoms with E-state index in [1.165, 1.54) is 0 Å². The molecule has 9 heavy (non-hydrogen) atoms. The van der Waals surface area contributed by atoms with E-state index in [4.69, 9.17) is 9.47 Å². The Hall–Kier alpha value is -0.120. The van der Waals surface area contributed by atoms with Crippen LogP contribution in [0.1, 0.15) is 19.8 Å². The summed E-state index contributed by atoms with van der Waals surface area (Å²) >= 11 is 0. The van der Waals surface area contributed by atoms with Gasteiger partial charge in [0.25, 0.3) is 5.97 Å². The standard InChI is InChI=1S/C6H12O3/c1-2-8-6(7)4-3-5-9-6/h7H,2-5H2,1H3. The Morgan fingerprint density at radius 3 is 3.00 bits per heavy atom. The number of hydrogen-bond acceptors (Lipinski definition) is 3. The highest BCUT2D eigenvalue weighted by atomic mass is 16.8. The third kappa shape index (κ3) is 1.64. The van der Waals surface area contributed by atoms with Crippen molar-refractivity contribution < 1.29 is 14.6 Å². The first-order valence-corrected chi connectivity index (χ1v) is 3.27. The highest BCUT2D eigenvalue weighted by Crippen LogP contribution is 2.23. The number of aliphatic hydroxyl groups is 1. The van der Waals surface area contributed by atoms with E-state index >= 15 is 0 Å². The van der Waals surface area contributed by atoms with E-state index < -0.39 is 5.97 Å². The molecule has 0 aliphatic carbocycles. The van der Waals surface area contributed by atoms with Crippen molar-refractivity contribution in [3.05, 3.63) is 0 Å². The predicted octanol–water partition coefficient (Wildman–Crippen LogP) is 0.479. The van der Waals surface area contributed by atoms with E-state index in [9.17, 15) is 5.11 Å². The quantitative estimate of drug-likeness (QED) is 0.555. The van der Waals surface area contributed by atoms with Crippen LogP contribution < -0.4 is 0 Å². The van der Waals surface area contributed by atoms with Gasteiger partial charge in [-0.1, -0.05) is 0 Å². The smallest absolute Gasteiger partial charge is 0.280 e. The summed E-state index contributed by atoms with van der Waals surface area (Å²) in [6.07, 6.45) is 1.48. The summed E-state index contributed by atoms with van der Waals surface area (Å²) in [4.78, 5) is 0. The van der Waals surface area contributed by atoms with Gasteiger partial charge < -0.3 is 14.6 Å². The maximum Gasteiger partial charge on any atom is 0.280 e. The minimum absolute atomic E-state index is 0.497. The average molecular weight is 132 g/mol. The van der Waals surface area contributed by atoms with Gasteiger partial charge in [-0.05, 0) is 13.3 Å². The molecule has 1 heterocycles. The zero-order valence-electron chi connectivity index (χ0n) is 5.59. The van der Waals surface area contributed by atoms with Crippen LogP contribution >= 0.6 is 0 Å². The largest absolute Gasteiger partial charge is 0.343 e. The molecule has 0 radical (unpaired) electrons. The van der Waals surface area contributed by atoms with Crippen molar-refractivity contribution in [3.8, 4) is 0 Å². The van der Waals surface area contributed by atoms with Crippen molar-refractivity contribution in [1.29, 1.82) is 0 Å². The summed E-state index contributed by atoms with van der Waals surface area (Å²) in [5, 5.41) is 9.25. The molecule has 0 saturated carbocycles. The van der Waals surface area contributed by atoms with Crippen LogP contribution in [-0.2, 0) is 9.47 Å². The molecule has 1 unspecified atom stereocenters. The lowest BCUT2D eigenvalue weighted by Crippen LogP contribution is -2.30.